The van der Waals surface area contributed by atoms with Crippen molar-refractivity contribution in [3.63, 3.8) is 0 Å². The SMILES string of the molecule is B=BB=BB=BB=BB=BB=BB=BB=BB=BB=BB=BB=BB=BB=BB=BB=BOCCCC. The standard InChI is InChI=1S/C4H10B32O/c1-2-3-4-37-36-35-34-33-32-31-30-29-28-27-26-25-24-23-22-21-20-19-18-17-16-15-14-13-12-11-10-9-8-7-6-5/h5H,2-4H2,1H3. The predicted molar refractivity (Wildman–Crippen MR) is 206 cm³/mol. The van der Waals surface area contributed by atoms with Crippen molar-refractivity contribution in [3.8, 4) is 0 Å². The molecular weight excluding hydrogens is 410 g/mol. The fourth-order valence-electron chi connectivity index (χ4n) is 2.21. The molecule has 0 radical (unpaired) electrons. The van der Waals surface area contributed by atoms with Crippen molar-refractivity contribution in [2.45, 2.75) is 19.8 Å². The van der Waals surface area contributed by atoms with Crippen molar-refractivity contribution < 1.29 is 4.65 Å². The van der Waals surface area contributed by atoms with Crippen LogP contribution in [0.4, 0.5) is 0 Å². The minimum absolute atomic E-state index is 0.785. The molecule has 0 aromatic rings. The van der Waals surface area contributed by atoms with Crippen LogP contribution in [0.1, 0.15) is 19.8 Å². The third-order valence-corrected chi connectivity index (χ3v) is 4.04. The topological polar surface area (TPSA) is 9.23 Å². The number of hydrogen-bond acceptors (Lipinski definition) is 1. The Morgan fingerprint density at radius 1 is 0.378 bits per heavy atom. The van der Waals surface area contributed by atoms with Crippen LogP contribution >= 0.6 is 0 Å². The molecule has 0 saturated carbocycles. The molecule has 1 nitrogen and oxygen atoms in total. The fraction of sp³-hybridized carbons (Fsp3) is 1.00. The summed E-state index contributed by atoms with van der Waals surface area (Å²) in [6, 6.07) is 0. The predicted octanol–water partition coefficient (Wildman–Crippen LogP) is -11.2. The second-order valence-corrected chi connectivity index (χ2v) is 7.18. The molecule has 0 atom stereocenters. The van der Waals surface area contributed by atoms with E-state index in [9.17, 15) is 0 Å². The van der Waals surface area contributed by atoms with Gasteiger partial charge in [0, 0.05) is 0 Å². The first-order valence-corrected chi connectivity index (χ1v) is 12.6. The molecule has 0 aliphatic heterocycles. The van der Waals surface area contributed by atoms with Crippen LogP contribution < -0.4 is 0 Å². The van der Waals surface area contributed by atoms with E-state index >= 15 is 0 Å². The molecule has 33 heteroatoms. The van der Waals surface area contributed by atoms with Gasteiger partial charge in [0.25, 0.3) is 0 Å². The zero-order valence-corrected chi connectivity index (χ0v) is 22.1. The van der Waals surface area contributed by atoms with E-state index in [2.05, 4.69) is 14.3 Å². The molecule has 0 spiro atoms. The first kappa shape index (κ1) is 38.9. The van der Waals surface area contributed by atoms with Crippen molar-refractivity contribution in [2.75, 3.05) is 6.61 Å². The van der Waals surface area contributed by atoms with Crippen LogP contribution in [0.2, 0.25) is 0 Å². The summed E-state index contributed by atoms with van der Waals surface area (Å²) in [5.74, 6) is 0. The van der Waals surface area contributed by atoms with Crippen LogP contribution in [0.5, 0.6) is 0 Å². The van der Waals surface area contributed by atoms with E-state index in [4.69, 9.17) is 4.65 Å². The second kappa shape index (κ2) is 37.9. The summed E-state index contributed by atoms with van der Waals surface area (Å²) in [7, 11) is 5.35. The molecule has 0 aliphatic carbocycles. The first-order valence-electron chi connectivity index (χ1n) is 12.6. The van der Waals surface area contributed by atoms with E-state index in [0.29, 0.717) is 0 Å². The molecule has 0 unspecified atom stereocenters. The van der Waals surface area contributed by atoms with Gasteiger partial charge < -0.3 is 0 Å². The maximum absolute atomic E-state index is 5.33. The molecule has 0 N–H and O–H groups in total. The van der Waals surface area contributed by atoms with Crippen molar-refractivity contribution in [1.29, 1.82) is 0 Å². The summed E-state index contributed by atoms with van der Waals surface area (Å²) < 4.78 is 5.33. The van der Waals surface area contributed by atoms with Crippen LogP contribution in [0, 0.1) is 0 Å². The van der Waals surface area contributed by atoms with Crippen molar-refractivity contribution >= 4 is 215 Å². The van der Waals surface area contributed by atoms with Crippen LogP contribution in [-0.2, 0) is 4.65 Å². The summed E-state index contributed by atoms with van der Waals surface area (Å²) in [5, 5.41) is 0. The van der Waals surface area contributed by atoms with Crippen LogP contribution in [0.25, 0.3) is 0 Å². The Morgan fingerprint density at radius 3 is 0.865 bits per heavy atom. The second-order valence-electron chi connectivity index (χ2n) is 7.18. The average Bonchev–Trinajstić information content (AvgIpc) is 2.91. The zero-order valence-electron chi connectivity index (χ0n) is 22.1. The molecule has 0 amide bonds. The third-order valence-electron chi connectivity index (χ3n) is 4.04. The first-order chi connectivity index (χ1) is 18.4. The molecule has 0 aromatic carbocycles. The van der Waals surface area contributed by atoms with Gasteiger partial charge in [-0.15, -0.1) is 0 Å². The van der Waals surface area contributed by atoms with Crippen molar-refractivity contribution in [2.24, 2.45) is 0 Å². The number of hydrogen-bond donors (Lipinski definition) is 0. The molecule has 0 rings (SSSR count). The molecule has 0 saturated heterocycles. The monoisotopic (exact) mass is 426 g/mol. The van der Waals surface area contributed by atoms with Crippen LogP contribution in [-0.4, -0.2) is 222 Å². The van der Waals surface area contributed by atoms with E-state index in [1.54, 1.807) is 13.7 Å². The quantitative estimate of drug-likeness (QED) is 0.149. The van der Waals surface area contributed by atoms with E-state index in [-0.39, 0.29) is 0 Å². The van der Waals surface area contributed by atoms with E-state index in [0.717, 1.165) is 19.4 Å². The van der Waals surface area contributed by atoms with Gasteiger partial charge in [-0.1, -0.05) is 0 Å². The average molecular weight is 420 g/mol. The summed E-state index contributed by atoms with van der Waals surface area (Å²) in [4.78, 5) is 0. The molecule has 0 fully saturated rings. The van der Waals surface area contributed by atoms with Crippen molar-refractivity contribution in [3.05, 3.63) is 0 Å². The van der Waals surface area contributed by atoms with E-state index in [1.807, 2.05) is 194 Å². The molecule has 0 aromatic heterocycles. The van der Waals surface area contributed by atoms with Gasteiger partial charge in [-0.05, 0) is 0 Å². The van der Waals surface area contributed by atoms with Gasteiger partial charge in [0.15, 0.2) is 0 Å². The van der Waals surface area contributed by atoms with Gasteiger partial charge in [0.05, 0.1) is 0 Å². The van der Waals surface area contributed by atoms with Gasteiger partial charge in [0.2, 0.25) is 0 Å². The number of unbranched alkanes of at least 4 members (excludes halogenated alkanes) is 1. The molecule has 0 heterocycles. The Labute approximate surface area is 244 Å². The van der Waals surface area contributed by atoms with Gasteiger partial charge >= 0.3 is 246 Å². The van der Waals surface area contributed by atoms with E-state index < -0.39 is 0 Å². The third kappa shape index (κ3) is 37.9. The molecule has 37 heavy (non-hydrogen) atoms. The summed E-state index contributed by atoms with van der Waals surface area (Å²) in [5.41, 5.74) is 0. The van der Waals surface area contributed by atoms with Crippen LogP contribution in [0.3, 0.4) is 0 Å². The Morgan fingerprint density at radius 2 is 0.622 bits per heavy atom. The molecular formula is C4H10B32O. The normalized spacial score (nSPS) is 7.89. The Kier molecular flexibility index (Phi) is 39.8. The van der Waals surface area contributed by atoms with Gasteiger partial charge in [-0.2, -0.15) is 0 Å². The molecule has 0 aliphatic rings. The van der Waals surface area contributed by atoms with Gasteiger partial charge in [-0.25, -0.2) is 0 Å². The van der Waals surface area contributed by atoms with Gasteiger partial charge in [0.1, 0.15) is 0 Å². The Hall–Kier alpha value is 1.88. The maximum atomic E-state index is 5.33. The van der Waals surface area contributed by atoms with Crippen molar-refractivity contribution in [1.82, 2.24) is 0 Å². The fourth-order valence-corrected chi connectivity index (χ4v) is 2.21. The minimum atomic E-state index is 0.785. The summed E-state index contributed by atoms with van der Waals surface area (Å²) in [6.45, 7) is 62.1. The van der Waals surface area contributed by atoms with Crippen LogP contribution in [0.15, 0.2) is 0 Å². The van der Waals surface area contributed by atoms with Gasteiger partial charge in [-0.3, -0.25) is 0 Å². The summed E-state index contributed by atoms with van der Waals surface area (Å²) in [6.07, 6.45) is 2.25. The number of rotatable bonds is 19. The molecule has 128 valence electrons. The van der Waals surface area contributed by atoms with E-state index in [1.165, 1.54) is 0 Å². The molecule has 0 bridgehead atoms. The summed E-state index contributed by atoms with van der Waals surface area (Å²) >= 11 is 0. The Balaban J connectivity index is 3.96. The Bertz CT molecular complexity index is 1010. The zero-order chi connectivity index (χ0) is 26.7.